The summed E-state index contributed by atoms with van der Waals surface area (Å²) in [4.78, 5) is 12.6. The van der Waals surface area contributed by atoms with Gasteiger partial charge in [0.25, 0.3) is 0 Å². The maximum absolute atomic E-state index is 14.1. The van der Waals surface area contributed by atoms with Gasteiger partial charge in [-0.05, 0) is 44.8 Å². The number of piperidine rings is 1. The highest BCUT2D eigenvalue weighted by Gasteiger charge is 2.57. The number of aromatic nitrogens is 2. The molecule has 6 heteroatoms. The molecule has 1 aromatic carbocycles. The van der Waals surface area contributed by atoms with E-state index in [1.165, 1.54) is 6.07 Å². The predicted molar refractivity (Wildman–Crippen MR) is 85.2 cm³/mol. The molecule has 0 spiro atoms. The van der Waals surface area contributed by atoms with Gasteiger partial charge in [-0.3, -0.25) is 9.48 Å². The van der Waals surface area contributed by atoms with Crippen LogP contribution < -0.4 is 10.6 Å². The van der Waals surface area contributed by atoms with Crippen LogP contribution in [-0.4, -0.2) is 28.8 Å². The minimum atomic E-state index is -0.644. The lowest BCUT2D eigenvalue weighted by Crippen LogP contribution is -2.43. The predicted octanol–water partition coefficient (Wildman–Crippen LogP) is 1.53. The van der Waals surface area contributed by atoms with E-state index in [4.69, 9.17) is 0 Å². The van der Waals surface area contributed by atoms with Crippen LogP contribution in [0.2, 0.25) is 0 Å². The smallest absolute Gasteiger partial charge is 0.224 e. The molecule has 23 heavy (non-hydrogen) atoms. The number of fused-ring (bicyclic) bond motifs is 2. The van der Waals surface area contributed by atoms with E-state index in [2.05, 4.69) is 15.7 Å². The number of nitrogens with one attached hydrogen (secondary N) is 2. The summed E-state index contributed by atoms with van der Waals surface area (Å²) in [5, 5.41) is 11.6. The third kappa shape index (κ3) is 2.16. The molecular weight excluding hydrogens is 295 g/mol. The summed E-state index contributed by atoms with van der Waals surface area (Å²) in [6, 6.07) is 4.96. The lowest BCUT2D eigenvalue weighted by Gasteiger charge is -2.25. The molecule has 2 heterocycles. The van der Waals surface area contributed by atoms with Crippen LogP contribution in [0.3, 0.4) is 0 Å². The molecule has 1 aliphatic carbocycles. The van der Waals surface area contributed by atoms with Gasteiger partial charge in [-0.15, -0.1) is 0 Å². The van der Waals surface area contributed by atoms with E-state index in [1.807, 2.05) is 19.9 Å². The fourth-order valence-electron chi connectivity index (χ4n) is 4.01. The molecule has 2 N–H and O–H groups in total. The lowest BCUT2D eigenvalue weighted by molar-refractivity contribution is -0.124. The van der Waals surface area contributed by atoms with Crippen molar-refractivity contribution in [3.63, 3.8) is 0 Å². The Hall–Kier alpha value is -1.95. The van der Waals surface area contributed by atoms with Crippen LogP contribution >= 0.6 is 0 Å². The van der Waals surface area contributed by atoms with E-state index in [0.29, 0.717) is 23.0 Å². The third-order valence-electron chi connectivity index (χ3n) is 5.24. The van der Waals surface area contributed by atoms with Gasteiger partial charge in [-0.25, -0.2) is 4.39 Å². The Balaban J connectivity index is 1.64. The number of nitrogens with zero attached hydrogens (tertiary/aromatic N) is 2. The van der Waals surface area contributed by atoms with Crippen LogP contribution in [0.25, 0.3) is 10.9 Å². The van der Waals surface area contributed by atoms with Gasteiger partial charge in [0.2, 0.25) is 5.91 Å². The van der Waals surface area contributed by atoms with Crippen molar-refractivity contribution in [2.75, 3.05) is 13.1 Å². The monoisotopic (exact) mass is 316 g/mol. The molecule has 2 unspecified atom stereocenters. The zero-order valence-corrected chi connectivity index (χ0v) is 13.6. The van der Waals surface area contributed by atoms with E-state index in [-0.39, 0.29) is 17.6 Å². The SMILES string of the molecule is Cn1nc(C(C)(C)NC(=O)C2C3CNCC32)c2cccc(F)c21. The van der Waals surface area contributed by atoms with Crippen molar-refractivity contribution in [1.29, 1.82) is 0 Å². The van der Waals surface area contributed by atoms with E-state index >= 15 is 0 Å². The molecule has 1 amide bonds. The average molecular weight is 316 g/mol. The Morgan fingerprint density at radius 2 is 2.09 bits per heavy atom. The molecule has 1 aliphatic heterocycles. The maximum Gasteiger partial charge on any atom is 0.224 e. The Morgan fingerprint density at radius 1 is 1.39 bits per heavy atom. The van der Waals surface area contributed by atoms with Crippen molar-refractivity contribution in [3.8, 4) is 0 Å². The van der Waals surface area contributed by atoms with Crippen LogP contribution in [0.15, 0.2) is 18.2 Å². The maximum atomic E-state index is 14.1. The quantitative estimate of drug-likeness (QED) is 0.903. The zero-order chi connectivity index (χ0) is 16.4. The molecule has 1 saturated heterocycles. The molecular formula is C17H21FN4O. The van der Waals surface area contributed by atoms with Crippen molar-refractivity contribution in [2.24, 2.45) is 24.8 Å². The van der Waals surface area contributed by atoms with Gasteiger partial charge in [-0.2, -0.15) is 5.10 Å². The number of aryl methyl sites for hydroxylation is 1. The minimum Gasteiger partial charge on any atom is -0.345 e. The largest absolute Gasteiger partial charge is 0.345 e. The molecule has 1 saturated carbocycles. The first-order valence-electron chi connectivity index (χ1n) is 8.04. The molecule has 5 nitrogen and oxygen atoms in total. The van der Waals surface area contributed by atoms with Gasteiger partial charge in [0.1, 0.15) is 11.3 Å². The van der Waals surface area contributed by atoms with E-state index < -0.39 is 5.54 Å². The number of halogens is 1. The molecule has 122 valence electrons. The summed E-state index contributed by atoms with van der Waals surface area (Å²) in [6.45, 7) is 5.71. The van der Waals surface area contributed by atoms with Gasteiger partial charge in [-0.1, -0.05) is 12.1 Å². The fraction of sp³-hybridized carbons (Fsp3) is 0.529. The highest BCUT2D eigenvalue weighted by molar-refractivity contribution is 5.86. The summed E-state index contributed by atoms with van der Waals surface area (Å²) in [5.41, 5.74) is 0.526. The summed E-state index contributed by atoms with van der Waals surface area (Å²) < 4.78 is 15.6. The number of hydrogen-bond donors (Lipinski definition) is 2. The Labute approximate surface area is 134 Å². The Kier molecular flexibility index (Phi) is 3.04. The van der Waals surface area contributed by atoms with Gasteiger partial charge in [0.15, 0.2) is 0 Å². The number of benzene rings is 1. The van der Waals surface area contributed by atoms with Crippen molar-refractivity contribution in [1.82, 2.24) is 20.4 Å². The second-order valence-electron chi connectivity index (χ2n) is 7.23. The first-order valence-corrected chi connectivity index (χ1v) is 8.04. The van der Waals surface area contributed by atoms with Gasteiger partial charge in [0, 0.05) is 18.4 Å². The highest BCUT2D eigenvalue weighted by atomic mass is 19.1. The number of carbonyl (C=O) groups is 1. The zero-order valence-electron chi connectivity index (χ0n) is 13.6. The number of carbonyl (C=O) groups excluding carboxylic acids is 1. The van der Waals surface area contributed by atoms with Crippen LogP contribution in [0, 0.1) is 23.6 Å². The van der Waals surface area contributed by atoms with E-state index in [1.54, 1.807) is 17.8 Å². The Bertz CT molecular complexity index is 787. The topological polar surface area (TPSA) is 59.0 Å². The number of para-hydroxylation sites is 1. The summed E-state index contributed by atoms with van der Waals surface area (Å²) in [5.74, 6) is 0.852. The molecule has 2 fully saturated rings. The van der Waals surface area contributed by atoms with Gasteiger partial charge >= 0.3 is 0 Å². The molecule has 2 atom stereocenters. The summed E-state index contributed by atoms with van der Waals surface area (Å²) >= 11 is 0. The van der Waals surface area contributed by atoms with E-state index in [0.717, 1.165) is 18.5 Å². The molecule has 0 radical (unpaired) electrons. The molecule has 1 aromatic heterocycles. The van der Waals surface area contributed by atoms with Gasteiger partial charge in [0.05, 0.1) is 11.2 Å². The molecule has 4 rings (SSSR count). The average Bonchev–Trinajstić information content (AvgIpc) is 2.81. The van der Waals surface area contributed by atoms with Crippen LogP contribution in [0.1, 0.15) is 19.5 Å². The number of amides is 1. The third-order valence-corrected chi connectivity index (χ3v) is 5.24. The van der Waals surface area contributed by atoms with Crippen molar-refractivity contribution >= 4 is 16.8 Å². The lowest BCUT2D eigenvalue weighted by atomic mass is 9.96. The summed E-state index contributed by atoms with van der Waals surface area (Å²) in [7, 11) is 1.73. The second-order valence-corrected chi connectivity index (χ2v) is 7.23. The normalized spacial score (nSPS) is 26.3. The van der Waals surface area contributed by atoms with E-state index in [9.17, 15) is 9.18 Å². The van der Waals surface area contributed by atoms with Gasteiger partial charge < -0.3 is 10.6 Å². The Morgan fingerprint density at radius 3 is 2.78 bits per heavy atom. The molecule has 0 bridgehead atoms. The first-order chi connectivity index (χ1) is 10.9. The van der Waals surface area contributed by atoms with Crippen LogP contribution in [0.5, 0.6) is 0 Å². The summed E-state index contributed by atoms with van der Waals surface area (Å²) in [6.07, 6.45) is 0. The molecule has 2 aromatic rings. The number of hydrogen-bond acceptors (Lipinski definition) is 3. The van der Waals surface area contributed by atoms with Crippen LogP contribution in [0.4, 0.5) is 4.39 Å². The van der Waals surface area contributed by atoms with Crippen molar-refractivity contribution in [3.05, 3.63) is 29.7 Å². The van der Waals surface area contributed by atoms with Crippen molar-refractivity contribution in [2.45, 2.75) is 19.4 Å². The fourth-order valence-corrected chi connectivity index (χ4v) is 4.01. The molecule has 2 aliphatic rings. The second kappa shape index (κ2) is 4.77. The highest BCUT2D eigenvalue weighted by Crippen LogP contribution is 2.49. The standard InChI is InChI=1S/C17H21FN4O/c1-17(2,20-16(23)13-10-7-19-8-11(10)13)15-9-5-4-6-12(18)14(9)22(3)21-15/h4-6,10-11,13,19H,7-8H2,1-3H3,(H,20,23). The van der Waals surface area contributed by atoms with Crippen LogP contribution in [-0.2, 0) is 17.4 Å². The van der Waals surface area contributed by atoms with Crippen molar-refractivity contribution < 1.29 is 9.18 Å². The minimum absolute atomic E-state index is 0.0849. The first kappa shape index (κ1) is 14.6. The number of rotatable bonds is 3.